The molecule has 0 bridgehead atoms. The zero-order valence-electron chi connectivity index (χ0n) is 17.8. The molecule has 1 aliphatic rings. The van der Waals surface area contributed by atoms with Gasteiger partial charge in [-0.05, 0) is 45.4 Å². The number of hydrogen-bond acceptors (Lipinski definition) is 6. The van der Waals surface area contributed by atoms with Crippen molar-refractivity contribution in [2.45, 2.75) is 45.3 Å². The van der Waals surface area contributed by atoms with E-state index in [1.54, 1.807) is 24.0 Å². The van der Waals surface area contributed by atoms with Gasteiger partial charge in [0.1, 0.15) is 12.2 Å². The number of carbonyl (C=O) groups is 2. The van der Waals surface area contributed by atoms with Gasteiger partial charge >= 0.3 is 12.1 Å². The summed E-state index contributed by atoms with van der Waals surface area (Å²) < 4.78 is 21.9. The molecule has 9 heteroatoms. The van der Waals surface area contributed by atoms with E-state index in [0.717, 1.165) is 5.56 Å². The lowest BCUT2D eigenvalue weighted by molar-refractivity contribution is -0.150. The molecule has 1 saturated heterocycles. The summed E-state index contributed by atoms with van der Waals surface area (Å²) in [6.07, 6.45) is -0.812. The van der Waals surface area contributed by atoms with Gasteiger partial charge in [-0.3, -0.25) is 0 Å². The first-order chi connectivity index (χ1) is 14.1. The summed E-state index contributed by atoms with van der Waals surface area (Å²) in [7, 11) is 0. The molecule has 0 saturated carbocycles. The normalized spacial score (nSPS) is 19.9. The lowest BCUT2D eigenvalue weighted by atomic mass is 9.93. The van der Waals surface area contributed by atoms with Crippen molar-refractivity contribution in [2.75, 3.05) is 39.5 Å². The molecule has 2 unspecified atom stereocenters. The first-order valence-corrected chi connectivity index (χ1v) is 10.6. The number of hydrogen-bond donors (Lipinski definition) is 0. The summed E-state index contributed by atoms with van der Waals surface area (Å²) >= 11 is 12.3. The third-order valence-electron chi connectivity index (χ3n) is 4.39. The van der Waals surface area contributed by atoms with Crippen molar-refractivity contribution in [3.8, 4) is 0 Å². The van der Waals surface area contributed by atoms with Crippen LogP contribution in [0.15, 0.2) is 18.2 Å². The molecule has 0 aliphatic carbocycles. The molecule has 0 N–H and O–H groups in total. The average Bonchev–Trinajstić information content (AvgIpc) is 2.86. The maximum absolute atomic E-state index is 12.7. The fourth-order valence-corrected chi connectivity index (χ4v) is 3.36. The first-order valence-electron chi connectivity index (χ1n) is 9.88. The topological polar surface area (TPSA) is 74.3 Å². The molecule has 7 nitrogen and oxygen atoms in total. The molecule has 0 aromatic heterocycles. The Hall–Kier alpha value is -1.54. The summed E-state index contributed by atoms with van der Waals surface area (Å²) in [4.78, 5) is 25.8. The Morgan fingerprint density at radius 3 is 2.60 bits per heavy atom. The van der Waals surface area contributed by atoms with Gasteiger partial charge in [-0.15, -0.1) is 0 Å². The molecule has 0 radical (unpaired) electrons. The van der Waals surface area contributed by atoms with E-state index < -0.39 is 23.8 Å². The Morgan fingerprint density at radius 2 is 1.97 bits per heavy atom. The van der Waals surface area contributed by atoms with Crippen LogP contribution in [0.2, 0.25) is 10.0 Å². The number of halogens is 2. The zero-order chi connectivity index (χ0) is 22.3. The number of benzene rings is 1. The summed E-state index contributed by atoms with van der Waals surface area (Å²) in [5, 5.41) is 0.850. The van der Waals surface area contributed by atoms with Crippen LogP contribution in [0.25, 0.3) is 0 Å². The maximum atomic E-state index is 12.7. The van der Waals surface area contributed by atoms with Gasteiger partial charge in [0.2, 0.25) is 0 Å². The van der Waals surface area contributed by atoms with E-state index in [2.05, 4.69) is 0 Å². The van der Waals surface area contributed by atoms with Crippen molar-refractivity contribution in [3.05, 3.63) is 33.8 Å². The predicted octanol–water partition coefficient (Wildman–Crippen LogP) is 4.29. The largest absolute Gasteiger partial charge is 0.464 e. The van der Waals surface area contributed by atoms with E-state index >= 15 is 0 Å². The van der Waals surface area contributed by atoms with Crippen molar-refractivity contribution in [1.29, 1.82) is 0 Å². The molecule has 1 fully saturated rings. The van der Waals surface area contributed by atoms with Crippen LogP contribution >= 0.6 is 23.2 Å². The average molecular weight is 462 g/mol. The van der Waals surface area contributed by atoms with Gasteiger partial charge in [-0.1, -0.05) is 29.3 Å². The molecule has 30 heavy (non-hydrogen) atoms. The number of carbonyl (C=O) groups excluding carboxylic acids is 2. The van der Waals surface area contributed by atoms with Gasteiger partial charge < -0.3 is 23.8 Å². The Kier molecular flexibility index (Phi) is 9.22. The highest BCUT2D eigenvalue weighted by Crippen LogP contribution is 2.31. The second kappa shape index (κ2) is 11.2. The number of nitrogens with zero attached hydrogens (tertiary/aromatic N) is 1. The van der Waals surface area contributed by atoms with Crippen LogP contribution in [0.5, 0.6) is 0 Å². The van der Waals surface area contributed by atoms with Crippen LogP contribution in [0.1, 0.15) is 39.2 Å². The van der Waals surface area contributed by atoms with Crippen LogP contribution in [0.4, 0.5) is 4.79 Å². The monoisotopic (exact) mass is 461 g/mol. The Balaban J connectivity index is 2.19. The van der Waals surface area contributed by atoms with Crippen molar-refractivity contribution in [1.82, 2.24) is 4.90 Å². The molecular weight excluding hydrogens is 433 g/mol. The molecule has 1 aromatic carbocycles. The minimum atomic E-state index is -0.606. The summed E-state index contributed by atoms with van der Waals surface area (Å²) in [6.45, 7) is 8.51. The van der Waals surface area contributed by atoms with Crippen molar-refractivity contribution in [2.24, 2.45) is 0 Å². The molecular formula is C21H29Cl2NO6. The van der Waals surface area contributed by atoms with E-state index in [4.69, 9.17) is 42.1 Å². The van der Waals surface area contributed by atoms with E-state index in [0.29, 0.717) is 36.3 Å². The van der Waals surface area contributed by atoms with Gasteiger partial charge in [0, 0.05) is 19.0 Å². The van der Waals surface area contributed by atoms with E-state index in [1.807, 2.05) is 26.8 Å². The van der Waals surface area contributed by atoms with E-state index in [-0.39, 0.29) is 19.1 Å². The van der Waals surface area contributed by atoms with E-state index in [1.165, 1.54) is 0 Å². The molecule has 0 spiro atoms. The third-order valence-corrected chi connectivity index (χ3v) is 5.13. The Morgan fingerprint density at radius 1 is 1.23 bits per heavy atom. The second-order valence-electron chi connectivity index (χ2n) is 7.94. The minimum Gasteiger partial charge on any atom is -0.464 e. The lowest BCUT2D eigenvalue weighted by Crippen LogP contribution is -2.40. The van der Waals surface area contributed by atoms with Crippen LogP contribution in [0.3, 0.4) is 0 Å². The fourth-order valence-electron chi connectivity index (χ4n) is 3.06. The number of amides is 1. The Bertz CT molecular complexity index is 737. The van der Waals surface area contributed by atoms with Gasteiger partial charge in [0.15, 0.2) is 0 Å². The van der Waals surface area contributed by atoms with Gasteiger partial charge in [-0.2, -0.15) is 0 Å². The predicted molar refractivity (Wildman–Crippen MR) is 114 cm³/mol. The molecule has 1 heterocycles. The van der Waals surface area contributed by atoms with Crippen LogP contribution in [-0.4, -0.2) is 68.2 Å². The van der Waals surface area contributed by atoms with Crippen LogP contribution < -0.4 is 0 Å². The fraction of sp³-hybridized carbons (Fsp3) is 0.619. The summed E-state index contributed by atoms with van der Waals surface area (Å²) in [5.41, 5.74) is 0.246. The van der Waals surface area contributed by atoms with Crippen molar-refractivity contribution in [3.63, 3.8) is 0 Å². The number of rotatable bonds is 6. The smallest absolute Gasteiger partial charge is 0.410 e. The summed E-state index contributed by atoms with van der Waals surface area (Å²) in [5.74, 6) is -0.690. The molecule has 1 aliphatic heterocycles. The zero-order valence-corrected chi connectivity index (χ0v) is 19.3. The maximum Gasteiger partial charge on any atom is 0.410 e. The molecule has 1 amide bonds. The lowest BCUT2D eigenvalue weighted by Gasteiger charge is -2.30. The van der Waals surface area contributed by atoms with Crippen LogP contribution in [0, 0.1) is 0 Å². The molecule has 1 aromatic rings. The minimum absolute atomic E-state index is 0.159. The van der Waals surface area contributed by atoms with Gasteiger partial charge in [0.05, 0.1) is 36.0 Å². The van der Waals surface area contributed by atoms with Gasteiger partial charge in [-0.25, -0.2) is 9.59 Å². The van der Waals surface area contributed by atoms with Gasteiger partial charge in [0.25, 0.3) is 0 Å². The standard InChI is InChI=1S/C21H29Cl2NO6/c1-5-28-19(25)13-27-12-18-15(14-6-7-16(22)17(23)10-14)11-24(8-9-29-18)20(26)30-21(2,3)4/h6-7,10,15,18H,5,8-9,11-13H2,1-4H3. The van der Waals surface area contributed by atoms with E-state index in [9.17, 15) is 9.59 Å². The third kappa shape index (κ3) is 7.61. The first kappa shape index (κ1) is 24.7. The Labute approximate surface area is 187 Å². The molecule has 168 valence electrons. The SMILES string of the molecule is CCOC(=O)COCC1OCCN(C(=O)OC(C)(C)C)CC1c1ccc(Cl)c(Cl)c1. The highest BCUT2D eigenvalue weighted by molar-refractivity contribution is 6.42. The van der Waals surface area contributed by atoms with Crippen LogP contribution in [-0.2, 0) is 23.7 Å². The number of esters is 1. The highest BCUT2D eigenvalue weighted by Gasteiger charge is 2.33. The second-order valence-corrected chi connectivity index (χ2v) is 8.75. The highest BCUT2D eigenvalue weighted by atomic mass is 35.5. The number of ether oxygens (including phenoxy) is 4. The quantitative estimate of drug-likeness (QED) is 0.588. The summed E-state index contributed by atoms with van der Waals surface area (Å²) in [6, 6.07) is 5.31. The van der Waals surface area contributed by atoms with Crippen molar-refractivity contribution < 1.29 is 28.5 Å². The molecule has 2 rings (SSSR count). The van der Waals surface area contributed by atoms with Crippen molar-refractivity contribution >= 4 is 35.3 Å². The molecule has 2 atom stereocenters.